The van der Waals surface area contributed by atoms with Crippen molar-refractivity contribution in [1.29, 1.82) is 0 Å². The second-order valence-electron chi connectivity index (χ2n) is 3.37. The molecule has 62 valence electrons. The lowest BCUT2D eigenvalue weighted by atomic mass is 9.86. The first-order valence-corrected chi connectivity index (χ1v) is 4.84. The second-order valence-corrected chi connectivity index (χ2v) is 3.99. The molecule has 2 unspecified atom stereocenters. The number of alkyl halides is 1. The minimum absolute atomic E-state index is 0.423. The Morgan fingerprint density at radius 3 is 2.91 bits per heavy atom. The van der Waals surface area contributed by atoms with Crippen LogP contribution in [-0.2, 0) is 0 Å². The summed E-state index contributed by atoms with van der Waals surface area (Å²) in [7, 11) is 0. The molecule has 0 bridgehead atoms. The van der Waals surface area contributed by atoms with Crippen molar-refractivity contribution in [3.63, 3.8) is 0 Å². The number of rotatable bonds is 2. The molecule has 0 N–H and O–H groups in total. The molecule has 1 aliphatic carbocycles. The summed E-state index contributed by atoms with van der Waals surface area (Å²) < 4.78 is 0. The molecule has 1 rings (SSSR count). The third-order valence-corrected chi connectivity index (χ3v) is 2.81. The zero-order chi connectivity index (χ0) is 8.10. The summed E-state index contributed by atoms with van der Waals surface area (Å²) in [6.45, 7) is 0. The van der Waals surface area contributed by atoms with Gasteiger partial charge in [0.2, 0.25) is 0 Å². The highest BCUT2D eigenvalue weighted by Crippen LogP contribution is 2.30. The number of hydrogen-bond acceptors (Lipinski definition) is 0. The van der Waals surface area contributed by atoms with E-state index in [1.54, 1.807) is 0 Å². The van der Waals surface area contributed by atoms with E-state index in [9.17, 15) is 0 Å². The van der Waals surface area contributed by atoms with E-state index in [0.717, 1.165) is 12.3 Å². The van der Waals surface area contributed by atoms with Crippen molar-refractivity contribution >= 4 is 11.6 Å². The molecule has 0 saturated heterocycles. The van der Waals surface area contributed by atoms with E-state index in [1.165, 1.54) is 32.1 Å². The highest BCUT2D eigenvalue weighted by atomic mass is 35.5. The SMILES string of the molecule is C#CCCC1CCCC(Cl)C1. The van der Waals surface area contributed by atoms with Crippen LogP contribution in [0.15, 0.2) is 0 Å². The Balaban J connectivity index is 2.18. The van der Waals surface area contributed by atoms with E-state index < -0.39 is 0 Å². The van der Waals surface area contributed by atoms with Crippen LogP contribution < -0.4 is 0 Å². The van der Waals surface area contributed by atoms with E-state index in [-0.39, 0.29) is 0 Å². The summed E-state index contributed by atoms with van der Waals surface area (Å²) in [5.41, 5.74) is 0. The smallest absolute Gasteiger partial charge is 0.0338 e. The predicted molar refractivity (Wildman–Crippen MR) is 49.7 cm³/mol. The van der Waals surface area contributed by atoms with Crippen molar-refractivity contribution in [2.45, 2.75) is 43.9 Å². The monoisotopic (exact) mass is 170 g/mol. The van der Waals surface area contributed by atoms with E-state index >= 15 is 0 Å². The van der Waals surface area contributed by atoms with Gasteiger partial charge in [-0.25, -0.2) is 0 Å². The molecule has 1 saturated carbocycles. The van der Waals surface area contributed by atoms with Gasteiger partial charge in [0.15, 0.2) is 0 Å². The van der Waals surface area contributed by atoms with Crippen LogP contribution in [0.1, 0.15) is 38.5 Å². The van der Waals surface area contributed by atoms with Crippen LogP contribution >= 0.6 is 11.6 Å². The van der Waals surface area contributed by atoms with Crippen molar-refractivity contribution in [2.75, 3.05) is 0 Å². The van der Waals surface area contributed by atoms with E-state index in [1.807, 2.05) is 0 Å². The molecule has 0 heterocycles. The third kappa shape index (κ3) is 3.16. The minimum atomic E-state index is 0.423. The highest BCUT2D eigenvalue weighted by molar-refractivity contribution is 6.20. The van der Waals surface area contributed by atoms with Gasteiger partial charge in [0.25, 0.3) is 0 Å². The van der Waals surface area contributed by atoms with Gasteiger partial charge in [-0.05, 0) is 25.2 Å². The molecule has 2 atom stereocenters. The van der Waals surface area contributed by atoms with Crippen LogP contribution in [0.5, 0.6) is 0 Å². The van der Waals surface area contributed by atoms with Crippen LogP contribution in [0, 0.1) is 18.3 Å². The van der Waals surface area contributed by atoms with Crippen molar-refractivity contribution in [2.24, 2.45) is 5.92 Å². The fourth-order valence-corrected chi connectivity index (χ4v) is 2.18. The maximum Gasteiger partial charge on any atom is 0.0338 e. The van der Waals surface area contributed by atoms with Crippen molar-refractivity contribution in [1.82, 2.24) is 0 Å². The minimum Gasteiger partial charge on any atom is -0.123 e. The maximum atomic E-state index is 6.04. The Morgan fingerprint density at radius 1 is 1.45 bits per heavy atom. The van der Waals surface area contributed by atoms with Gasteiger partial charge in [-0.15, -0.1) is 23.9 Å². The van der Waals surface area contributed by atoms with Crippen LogP contribution in [0.4, 0.5) is 0 Å². The molecule has 1 aliphatic rings. The van der Waals surface area contributed by atoms with Gasteiger partial charge in [-0.1, -0.05) is 12.8 Å². The molecule has 0 amide bonds. The number of terminal acetylenes is 1. The fourth-order valence-electron chi connectivity index (χ4n) is 1.78. The van der Waals surface area contributed by atoms with Crippen LogP contribution in [0.25, 0.3) is 0 Å². The molecule has 0 aromatic heterocycles. The van der Waals surface area contributed by atoms with E-state index in [2.05, 4.69) is 5.92 Å². The third-order valence-electron chi connectivity index (χ3n) is 2.42. The zero-order valence-corrected chi connectivity index (χ0v) is 7.61. The largest absolute Gasteiger partial charge is 0.123 e. The number of hydrogen-bond donors (Lipinski definition) is 0. The fraction of sp³-hybridized carbons (Fsp3) is 0.800. The average molecular weight is 171 g/mol. The van der Waals surface area contributed by atoms with E-state index in [0.29, 0.717) is 5.38 Å². The molecular weight excluding hydrogens is 156 g/mol. The molecule has 1 heteroatoms. The maximum absolute atomic E-state index is 6.04. The first kappa shape index (κ1) is 8.94. The molecule has 0 aromatic rings. The quantitative estimate of drug-likeness (QED) is 0.441. The van der Waals surface area contributed by atoms with Gasteiger partial charge in [-0.2, -0.15) is 0 Å². The number of halogens is 1. The van der Waals surface area contributed by atoms with Crippen LogP contribution in [0.3, 0.4) is 0 Å². The lowest BCUT2D eigenvalue weighted by Gasteiger charge is -2.24. The molecular formula is C10H15Cl. The molecule has 0 nitrogen and oxygen atoms in total. The standard InChI is InChI=1S/C10H15Cl/c1-2-3-5-9-6-4-7-10(11)8-9/h1,9-10H,3-8H2. The second kappa shape index (κ2) is 4.67. The molecule has 1 fully saturated rings. The zero-order valence-electron chi connectivity index (χ0n) is 6.85. The van der Waals surface area contributed by atoms with Crippen molar-refractivity contribution in [3.05, 3.63) is 0 Å². The van der Waals surface area contributed by atoms with Gasteiger partial charge in [0.05, 0.1) is 0 Å². The highest BCUT2D eigenvalue weighted by Gasteiger charge is 2.19. The Morgan fingerprint density at radius 2 is 2.27 bits per heavy atom. The van der Waals surface area contributed by atoms with Gasteiger partial charge >= 0.3 is 0 Å². The first-order valence-electron chi connectivity index (χ1n) is 4.40. The summed E-state index contributed by atoms with van der Waals surface area (Å²) in [6.07, 6.45) is 12.3. The predicted octanol–water partition coefficient (Wildman–Crippen LogP) is 3.20. The molecule has 0 radical (unpaired) electrons. The summed E-state index contributed by atoms with van der Waals surface area (Å²) in [4.78, 5) is 0. The lowest BCUT2D eigenvalue weighted by molar-refractivity contribution is 0.347. The summed E-state index contributed by atoms with van der Waals surface area (Å²) in [5, 5.41) is 0.423. The molecule has 0 aliphatic heterocycles. The first-order chi connectivity index (χ1) is 5.33. The van der Waals surface area contributed by atoms with Gasteiger partial charge in [0.1, 0.15) is 0 Å². The Bertz CT molecular complexity index is 145. The van der Waals surface area contributed by atoms with Gasteiger partial charge in [0, 0.05) is 11.8 Å². The van der Waals surface area contributed by atoms with Crippen LogP contribution in [0.2, 0.25) is 0 Å². The molecule has 0 spiro atoms. The molecule has 11 heavy (non-hydrogen) atoms. The normalized spacial score (nSPS) is 31.3. The lowest BCUT2D eigenvalue weighted by Crippen LogP contribution is -2.15. The Kier molecular flexibility index (Phi) is 3.80. The summed E-state index contributed by atoms with van der Waals surface area (Å²) >= 11 is 6.04. The van der Waals surface area contributed by atoms with Gasteiger partial charge in [-0.3, -0.25) is 0 Å². The van der Waals surface area contributed by atoms with Gasteiger partial charge < -0.3 is 0 Å². The van der Waals surface area contributed by atoms with Crippen molar-refractivity contribution in [3.8, 4) is 12.3 Å². The van der Waals surface area contributed by atoms with Crippen LogP contribution in [-0.4, -0.2) is 5.38 Å². The Labute approximate surface area is 74.3 Å². The van der Waals surface area contributed by atoms with Crippen molar-refractivity contribution < 1.29 is 0 Å². The summed E-state index contributed by atoms with van der Waals surface area (Å²) in [6, 6.07) is 0. The topological polar surface area (TPSA) is 0 Å². The van der Waals surface area contributed by atoms with E-state index in [4.69, 9.17) is 18.0 Å². The summed E-state index contributed by atoms with van der Waals surface area (Å²) in [5.74, 6) is 3.49. The average Bonchev–Trinajstić information content (AvgIpc) is 2.01. The molecule has 0 aromatic carbocycles. The Hall–Kier alpha value is -0.150.